The van der Waals surface area contributed by atoms with Gasteiger partial charge in [0.25, 0.3) is 0 Å². The van der Waals surface area contributed by atoms with Gasteiger partial charge in [0.15, 0.2) is 0 Å². The summed E-state index contributed by atoms with van der Waals surface area (Å²) in [6.45, 7) is -0.160. The molecule has 0 aliphatic heterocycles. The fourth-order valence-corrected chi connectivity index (χ4v) is 4.52. The molecule has 0 aromatic heterocycles. The Balaban J connectivity index is 1.70. The summed E-state index contributed by atoms with van der Waals surface area (Å²) in [4.78, 5) is 25.9. The van der Waals surface area contributed by atoms with Crippen LogP contribution < -0.4 is 4.74 Å². The minimum absolute atomic E-state index is 0.0186. The van der Waals surface area contributed by atoms with Crippen LogP contribution in [0, 0.1) is 0 Å². The van der Waals surface area contributed by atoms with Crippen molar-refractivity contribution >= 4 is 12.1 Å². The lowest BCUT2D eigenvalue weighted by Gasteiger charge is -2.29. The van der Waals surface area contributed by atoms with Gasteiger partial charge in [0.05, 0.1) is 38.8 Å². The number of methoxy groups -OCH3 is 2. The Morgan fingerprint density at radius 1 is 0.973 bits per heavy atom. The van der Waals surface area contributed by atoms with E-state index in [-0.39, 0.29) is 30.3 Å². The smallest absolute Gasteiger partial charge is 0.416 e. The summed E-state index contributed by atoms with van der Waals surface area (Å²) in [5, 5.41) is 0. The molecule has 0 spiro atoms. The van der Waals surface area contributed by atoms with Crippen LogP contribution in [0.4, 0.5) is 18.0 Å². The van der Waals surface area contributed by atoms with Crippen LogP contribution in [-0.2, 0) is 39.8 Å². The van der Waals surface area contributed by atoms with Gasteiger partial charge >= 0.3 is 18.2 Å². The van der Waals surface area contributed by atoms with E-state index in [2.05, 4.69) is 0 Å². The number of amides is 1. The molecule has 1 aliphatic carbocycles. The molecule has 0 unspecified atom stereocenters. The molecule has 0 radical (unpaired) electrons. The highest BCUT2D eigenvalue weighted by atomic mass is 19.4. The zero-order chi connectivity index (χ0) is 26.6. The average molecular weight is 514 g/mol. The number of aryl methyl sites for hydroxylation is 1. The van der Waals surface area contributed by atoms with Crippen LogP contribution in [0.5, 0.6) is 11.5 Å². The molecule has 1 atom stereocenters. The molecule has 194 valence electrons. The highest BCUT2D eigenvalue weighted by molar-refractivity contribution is 5.72. The van der Waals surface area contributed by atoms with Crippen molar-refractivity contribution in [2.45, 2.75) is 38.0 Å². The topological polar surface area (TPSA) is 65.1 Å². The summed E-state index contributed by atoms with van der Waals surface area (Å²) in [5.74, 6) is 0.0552. The first-order valence-electron chi connectivity index (χ1n) is 11.7. The summed E-state index contributed by atoms with van der Waals surface area (Å²) in [7, 11) is 2.53. The molecular formula is C28H26F3NO5. The Morgan fingerprint density at radius 3 is 2.49 bits per heavy atom. The SMILES string of the molecule is COC(=O)Cc1cccc(Oc2ccc(C(F)(F)F)cc2CN(C(=O)OC)[C@H]2CCc3ccccc32)c1. The van der Waals surface area contributed by atoms with Gasteiger partial charge in [-0.3, -0.25) is 9.69 Å². The largest absolute Gasteiger partial charge is 0.469 e. The molecule has 3 aromatic carbocycles. The number of alkyl halides is 3. The van der Waals surface area contributed by atoms with Crippen molar-refractivity contribution < 1.29 is 37.0 Å². The van der Waals surface area contributed by atoms with E-state index in [1.54, 1.807) is 24.3 Å². The Bertz CT molecular complexity index is 1290. The van der Waals surface area contributed by atoms with Gasteiger partial charge in [-0.1, -0.05) is 36.4 Å². The minimum atomic E-state index is -4.58. The van der Waals surface area contributed by atoms with Crippen molar-refractivity contribution in [3.8, 4) is 11.5 Å². The van der Waals surface area contributed by atoms with Crippen LogP contribution in [0.15, 0.2) is 66.7 Å². The summed E-state index contributed by atoms with van der Waals surface area (Å²) in [5.41, 5.74) is 1.97. The summed E-state index contributed by atoms with van der Waals surface area (Å²) < 4.78 is 56.5. The third-order valence-electron chi connectivity index (χ3n) is 6.32. The van der Waals surface area contributed by atoms with E-state index in [0.29, 0.717) is 17.7 Å². The van der Waals surface area contributed by atoms with Crippen molar-refractivity contribution in [2.75, 3.05) is 14.2 Å². The van der Waals surface area contributed by atoms with E-state index in [1.807, 2.05) is 24.3 Å². The first-order valence-corrected chi connectivity index (χ1v) is 11.7. The van der Waals surface area contributed by atoms with E-state index in [4.69, 9.17) is 14.2 Å². The number of rotatable bonds is 7. The number of hydrogen-bond donors (Lipinski definition) is 0. The van der Waals surface area contributed by atoms with E-state index < -0.39 is 23.8 Å². The van der Waals surface area contributed by atoms with Crippen molar-refractivity contribution in [3.63, 3.8) is 0 Å². The number of carbonyl (C=O) groups excluding carboxylic acids is 2. The first kappa shape index (κ1) is 26.1. The number of halogens is 3. The van der Waals surface area contributed by atoms with Crippen LogP contribution in [-0.4, -0.2) is 31.2 Å². The summed E-state index contributed by atoms with van der Waals surface area (Å²) >= 11 is 0. The van der Waals surface area contributed by atoms with E-state index >= 15 is 0 Å². The molecule has 6 nitrogen and oxygen atoms in total. The number of benzene rings is 3. The number of hydrogen-bond acceptors (Lipinski definition) is 5. The first-order chi connectivity index (χ1) is 17.7. The molecule has 0 heterocycles. The number of ether oxygens (including phenoxy) is 3. The molecule has 0 bridgehead atoms. The highest BCUT2D eigenvalue weighted by Crippen LogP contribution is 2.39. The molecule has 37 heavy (non-hydrogen) atoms. The van der Waals surface area contributed by atoms with Gasteiger partial charge < -0.3 is 14.2 Å². The van der Waals surface area contributed by atoms with E-state index in [1.165, 1.54) is 25.2 Å². The average Bonchev–Trinajstić information content (AvgIpc) is 3.31. The van der Waals surface area contributed by atoms with Crippen molar-refractivity contribution in [2.24, 2.45) is 0 Å². The number of nitrogens with zero attached hydrogens (tertiary/aromatic N) is 1. The molecule has 1 aliphatic rings. The van der Waals surface area contributed by atoms with Crippen LogP contribution in [0.25, 0.3) is 0 Å². The molecule has 0 N–H and O–H groups in total. The normalized spacial score (nSPS) is 14.6. The van der Waals surface area contributed by atoms with Crippen LogP contribution in [0.1, 0.15) is 40.3 Å². The quantitative estimate of drug-likeness (QED) is 0.339. The van der Waals surface area contributed by atoms with Gasteiger partial charge in [-0.05, 0) is 59.9 Å². The van der Waals surface area contributed by atoms with E-state index in [0.717, 1.165) is 29.7 Å². The Labute approximate surface area is 212 Å². The standard InChI is InChI=1S/C28H26F3NO5/c1-35-26(33)15-18-6-5-8-22(14-18)37-25-13-11-21(28(29,30)31)16-20(25)17-32(27(34)36-2)24-12-10-19-7-3-4-9-23(19)24/h3-9,11,13-14,16,24H,10,12,15,17H2,1-2H3/t24-/m0/s1. The maximum absolute atomic E-state index is 13.6. The third kappa shape index (κ3) is 6.04. The molecule has 0 saturated carbocycles. The van der Waals surface area contributed by atoms with Crippen molar-refractivity contribution in [1.29, 1.82) is 0 Å². The lowest BCUT2D eigenvalue weighted by molar-refractivity contribution is -0.140. The number of carbonyl (C=O) groups is 2. The molecule has 9 heteroatoms. The molecule has 4 rings (SSSR count). The van der Waals surface area contributed by atoms with Gasteiger partial charge in [0.2, 0.25) is 0 Å². The van der Waals surface area contributed by atoms with Gasteiger partial charge in [0, 0.05) is 5.56 Å². The van der Waals surface area contributed by atoms with Gasteiger partial charge in [0.1, 0.15) is 11.5 Å². The monoisotopic (exact) mass is 513 g/mol. The summed E-state index contributed by atoms with van der Waals surface area (Å²) in [6.07, 6.45) is -3.84. The molecule has 0 saturated heterocycles. The van der Waals surface area contributed by atoms with E-state index in [9.17, 15) is 22.8 Å². The lowest BCUT2D eigenvalue weighted by Crippen LogP contribution is -2.33. The number of esters is 1. The minimum Gasteiger partial charge on any atom is -0.469 e. The Morgan fingerprint density at radius 2 is 1.76 bits per heavy atom. The van der Waals surface area contributed by atoms with Crippen molar-refractivity contribution in [3.05, 3.63) is 94.5 Å². The third-order valence-corrected chi connectivity index (χ3v) is 6.32. The predicted molar refractivity (Wildman–Crippen MR) is 129 cm³/mol. The van der Waals surface area contributed by atoms with Gasteiger partial charge in [-0.25, -0.2) is 4.79 Å². The van der Waals surface area contributed by atoms with Crippen LogP contribution >= 0.6 is 0 Å². The Hall–Kier alpha value is -4.01. The molecule has 0 fully saturated rings. The number of fused-ring (bicyclic) bond motifs is 1. The zero-order valence-corrected chi connectivity index (χ0v) is 20.4. The second kappa shape index (κ2) is 10.9. The Kier molecular flexibility index (Phi) is 7.71. The van der Waals surface area contributed by atoms with Crippen LogP contribution in [0.3, 0.4) is 0 Å². The lowest BCUT2D eigenvalue weighted by atomic mass is 10.0. The predicted octanol–water partition coefficient (Wildman–Crippen LogP) is 6.47. The maximum Gasteiger partial charge on any atom is 0.416 e. The van der Waals surface area contributed by atoms with Gasteiger partial charge in [-0.2, -0.15) is 13.2 Å². The fraction of sp³-hybridized carbons (Fsp3) is 0.286. The highest BCUT2D eigenvalue weighted by Gasteiger charge is 2.34. The molecule has 3 aromatic rings. The van der Waals surface area contributed by atoms with Gasteiger partial charge in [-0.15, -0.1) is 0 Å². The molecule has 1 amide bonds. The summed E-state index contributed by atoms with van der Waals surface area (Å²) in [6, 6.07) is 17.1. The van der Waals surface area contributed by atoms with Crippen LogP contribution in [0.2, 0.25) is 0 Å². The maximum atomic E-state index is 13.6. The van der Waals surface area contributed by atoms with Crippen molar-refractivity contribution in [1.82, 2.24) is 4.90 Å². The second-order valence-electron chi connectivity index (χ2n) is 8.67. The second-order valence-corrected chi connectivity index (χ2v) is 8.67. The fourth-order valence-electron chi connectivity index (χ4n) is 4.52. The molecular weight excluding hydrogens is 487 g/mol. The zero-order valence-electron chi connectivity index (χ0n) is 20.4.